The Kier molecular flexibility index (Phi) is 3.47. The second-order valence-corrected chi connectivity index (χ2v) is 5.15. The van der Waals surface area contributed by atoms with Crippen LogP contribution in [0, 0.1) is 0 Å². The van der Waals surface area contributed by atoms with Crippen molar-refractivity contribution in [3.63, 3.8) is 0 Å². The zero-order valence-electron chi connectivity index (χ0n) is 11.0. The van der Waals surface area contributed by atoms with Crippen LogP contribution in [-0.2, 0) is 6.54 Å². The van der Waals surface area contributed by atoms with Crippen molar-refractivity contribution in [1.82, 2.24) is 14.9 Å². The van der Waals surface area contributed by atoms with Crippen LogP contribution in [0.25, 0.3) is 11.4 Å². The molecule has 0 atom stereocenters. The standard InChI is InChI=1S/C16H19N3/c1-13(11-18-15-7-8-15)12-19-10-9-17-16(19)14-5-3-2-4-6-14/h2-6,9-10,15,18H,1,7-8,11-12H2. The molecular formula is C16H19N3. The molecule has 1 aliphatic carbocycles. The molecule has 3 rings (SSSR count). The molecule has 0 radical (unpaired) electrons. The number of rotatable bonds is 6. The number of aromatic nitrogens is 2. The Morgan fingerprint density at radius 3 is 2.84 bits per heavy atom. The van der Waals surface area contributed by atoms with Crippen LogP contribution in [0.1, 0.15) is 12.8 Å². The molecule has 1 heterocycles. The lowest BCUT2D eigenvalue weighted by atomic mass is 10.2. The first-order valence-corrected chi connectivity index (χ1v) is 6.79. The molecule has 98 valence electrons. The smallest absolute Gasteiger partial charge is 0.140 e. The zero-order valence-corrected chi connectivity index (χ0v) is 11.0. The molecule has 1 saturated carbocycles. The highest BCUT2D eigenvalue weighted by molar-refractivity contribution is 5.55. The van der Waals surface area contributed by atoms with E-state index in [1.54, 1.807) is 0 Å². The van der Waals surface area contributed by atoms with E-state index in [1.807, 2.05) is 30.6 Å². The van der Waals surface area contributed by atoms with Crippen molar-refractivity contribution < 1.29 is 0 Å². The van der Waals surface area contributed by atoms with Crippen molar-refractivity contribution >= 4 is 0 Å². The summed E-state index contributed by atoms with van der Waals surface area (Å²) < 4.78 is 2.16. The van der Waals surface area contributed by atoms with E-state index < -0.39 is 0 Å². The predicted octanol–water partition coefficient (Wildman–Crippen LogP) is 2.86. The molecule has 1 fully saturated rings. The Morgan fingerprint density at radius 2 is 2.11 bits per heavy atom. The Morgan fingerprint density at radius 1 is 1.32 bits per heavy atom. The molecule has 0 saturated heterocycles. The first kappa shape index (κ1) is 12.2. The van der Waals surface area contributed by atoms with Gasteiger partial charge in [-0.2, -0.15) is 0 Å². The topological polar surface area (TPSA) is 29.9 Å². The van der Waals surface area contributed by atoms with Gasteiger partial charge in [0, 0.05) is 37.1 Å². The lowest BCUT2D eigenvalue weighted by Gasteiger charge is -2.11. The molecule has 0 amide bonds. The maximum atomic E-state index is 4.45. The van der Waals surface area contributed by atoms with E-state index in [4.69, 9.17) is 0 Å². The molecular weight excluding hydrogens is 234 g/mol. The summed E-state index contributed by atoms with van der Waals surface area (Å²) in [6.45, 7) is 5.88. The number of nitrogens with one attached hydrogen (secondary N) is 1. The summed E-state index contributed by atoms with van der Waals surface area (Å²) >= 11 is 0. The van der Waals surface area contributed by atoms with E-state index in [-0.39, 0.29) is 0 Å². The van der Waals surface area contributed by atoms with Crippen molar-refractivity contribution in [2.45, 2.75) is 25.4 Å². The molecule has 3 heteroatoms. The Bertz CT molecular complexity index is 552. The summed E-state index contributed by atoms with van der Waals surface area (Å²) in [4.78, 5) is 4.45. The fourth-order valence-corrected chi connectivity index (χ4v) is 2.16. The first-order valence-electron chi connectivity index (χ1n) is 6.79. The van der Waals surface area contributed by atoms with E-state index in [9.17, 15) is 0 Å². The molecule has 1 aliphatic rings. The molecule has 0 unspecified atom stereocenters. The van der Waals surface area contributed by atoms with Crippen molar-refractivity contribution in [1.29, 1.82) is 0 Å². The fourth-order valence-electron chi connectivity index (χ4n) is 2.16. The summed E-state index contributed by atoms with van der Waals surface area (Å²) in [5.74, 6) is 1.01. The summed E-state index contributed by atoms with van der Waals surface area (Å²) in [6, 6.07) is 11.0. The van der Waals surface area contributed by atoms with E-state index in [0.29, 0.717) is 0 Å². The van der Waals surface area contributed by atoms with Gasteiger partial charge in [0.25, 0.3) is 0 Å². The molecule has 1 aromatic carbocycles. The molecule has 0 aliphatic heterocycles. The summed E-state index contributed by atoms with van der Waals surface area (Å²) in [6.07, 6.45) is 6.50. The van der Waals surface area contributed by atoms with Crippen LogP contribution < -0.4 is 5.32 Å². The van der Waals surface area contributed by atoms with Gasteiger partial charge in [-0.15, -0.1) is 0 Å². The minimum atomic E-state index is 0.730. The van der Waals surface area contributed by atoms with E-state index in [2.05, 4.69) is 33.6 Å². The minimum Gasteiger partial charge on any atom is -0.327 e. The number of nitrogens with zero attached hydrogens (tertiary/aromatic N) is 2. The zero-order chi connectivity index (χ0) is 13.1. The third-order valence-electron chi connectivity index (χ3n) is 3.36. The maximum Gasteiger partial charge on any atom is 0.140 e. The molecule has 19 heavy (non-hydrogen) atoms. The third-order valence-corrected chi connectivity index (χ3v) is 3.36. The van der Waals surface area contributed by atoms with Gasteiger partial charge < -0.3 is 9.88 Å². The number of benzene rings is 1. The molecule has 0 spiro atoms. The second kappa shape index (κ2) is 5.41. The maximum absolute atomic E-state index is 4.45. The van der Waals surface area contributed by atoms with Gasteiger partial charge in [-0.3, -0.25) is 0 Å². The lowest BCUT2D eigenvalue weighted by Crippen LogP contribution is -2.20. The van der Waals surface area contributed by atoms with Gasteiger partial charge in [0.1, 0.15) is 5.82 Å². The summed E-state index contributed by atoms with van der Waals surface area (Å²) in [5, 5.41) is 3.49. The average molecular weight is 253 g/mol. The third kappa shape index (κ3) is 3.12. The number of hydrogen-bond donors (Lipinski definition) is 1. The van der Waals surface area contributed by atoms with Gasteiger partial charge in [-0.1, -0.05) is 36.9 Å². The highest BCUT2D eigenvalue weighted by Gasteiger charge is 2.20. The Labute approximate surface area is 114 Å². The van der Waals surface area contributed by atoms with Crippen LogP contribution in [0.4, 0.5) is 0 Å². The van der Waals surface area contributed by atoms with E-state index >= 15 is 0 Å². The normalized spacial score (nSPS) is 14.5. The highest BCUT2D eigenvalue weighted by atomic mass is 15.1. The molecule has 1 aromatic heterocycles. The van der Waals surface area contributed by atoms with Gasteiger partial charge in [0.15, 0.2) is 0 Å². The van der Waals surface area contributed by atoms with E-state index in [0.717, 1.165) is 30.5 Å². The van der Waals surface area contributed by atoms with Crippen LogP contribution >= 0.6 is 0 Å². The largest absolute Gasteiger partial charge is 0.327 e. The van der Waals surface area contributed by atoms with Gasteiger partial charge in [-0.05, 0) is 18.4 Å². The number of hydrogen-bond acceptors (Lipinski definition) is 2. The van der Waals surface area contributed by atoms with Crippen LogP contribution in [0.15, 0.2) is 54.9 Å². The van der Waals surface area contributed by atoms with Crippen molar-refractivity contribution in [3.05, 3.63) is 54.9 Å². The molecule has 2 aromatic rings. The average Bonchev–Trinajstić information content (AvgIpc) is 3.16. The lowest BCUT2D eigenvalue weighted by molar-refractivity contribution is 0.685. The van der Waals surface area contributed by atoms with E-state index in [1.165, 1.54) is 18.4 Å². The first-order chi connectivity index (χ1) is 9.33. The van der Waals surface area contributed by atoms with Crippen LogP contribution in [0.2, 0.25) is 0 Å². The minimum absolute atomic E-state index is 0.730. The van der Waals surface area contributed by atoms with Crippen molar-refractivity contribution in [2.75, 3.05) is 6.54 Å². The predicted molar refractivity (Wildman–Crippen MR) is 77.8 cm³/mol. The van der Waals surface area contributed by atoms with Crippen molar-refractivity contribution in [2.24, 2.45) is 0 Å². The van der Waals surface area contributed by atoms with Gasteiger partial charge >= 0.3 is 0 Å². The fraction of sp³-hybridized carbons (Fsp3) is 0.312. The molecule has 3 nitrogen and oxygen atoms in total. The van der Waals surface area contributed by atoms with Gasteiger partial charge in [0.05, 0.1) is 0 Å². The van der Waals surface area contributed by atoms with Crippen LogP contribution in [-0.4, -0.2) is 22.1 Å². The van der Waals surface area contributed by atoms with Gasteiger partial charge in [0.2, 0.25) is 0 Å². The molecule has 0 bridgehead atoms. The van der Waals surface area contributed by atoms with Crippen LogP contribution in [0.3, 0.4) is 0 Å². The Hall–Kier alpha value is -1.87. The quantitative estimate of drug-likeness (QED) is 0.802. The monoisotopic (exact) mass is 253 g/mol. The molecule has 1 N–H and O–H groups in total. The number of imidazole rings is 1. The Balaban J connectivity index is 1.67. The summed E-state index contributed by atoms with van der Waals surface area (Å²) in [5.41, 5.74) is 2.34. The SMILES string of the molecule is C=C(CNC1CC1)Cn1ccnc1-c1ccccc1. The summed E-state index contributed by atoms with van der Waals surface area (Å²) in [7, 11) is 0. The van der Waals surface area contributed by atoms with Gasteiger partial charge in [-0.25, -0.2) is 4.98 Å². The highest BCUT2D eigenvalue weighted by Crippen LogP contribution is 2.20. The second-order valence-electron chi connectivity index (χ2n) is 5.15. The van der Waals surface area contributed by atoms with Crippen molar-refractivity contribution in [3.8, 4) is 11.4 Å². The van der Waals surface area contributed by atoms with Crippen LogP contribution in [0.5, 0.6) is 0 Å².